The van der Waals surface area contributed by atoms with Gasteiger partial charge in [-0.3, -0.25) is 0 Å². The van der Waals surface area contributed by atoms with Gasteiger partial charge in [-0.05, 0) is 61.4 Å². The molecule has 2 rings (SSSR count). The van der Waals surface area contributed by atoms with Crippen LogP contribution in [-0.4, -0.2) is 26.7 Å². The van der Waals surface area contributed by atoms with Gasteiger partial charge >= 0.3 is 0 Å². The molecule has 112 valence electrons. The second kappa shape index (κ2) is 6.62. The quantitative estimate of drug-likeness (QED) is 0.880. The molecule has 0 spiro atoms. The van der Waals surface area contributed by atoms with Crippen molar-refractivity contribution in [1.82, 2.24) is 5.32 Å². The van der Waals surface area contributed by atoms with Crippen molar-refractivity contribution in [3.05, 3.63) is 29.8 Å². The molecule has 1 aromatic carbocycles. The second-order valence-corrected chi connectivity index (χ2v) is 6.91. The summed E-state index contributed by atoms with van der Waals surface area (Å²) in [5.74, 6) is 0.786. The minimum absolute atomic E-state index is 0.353. The van der Waals surface area contributed by atoms with Crippen LogP contribution in [0.3, 0.4) is 0 Å². The summed E-state index contributed by atoms with van der Waals surface area (Å²) in [7, 11) is 2.22. The molecule has 2 heteroatoms. The highest BCUT2D eigenvalue weighted by atomic mass is 15.1. The maximum atomic E-state index is 3.55. The summed E-state index contributed by atoms with van der Waals surface area (Å²) in [5, 5.41) is 3.55. The fourth-order valence-electron chi connectivity index (χ4n) is 3.34. The number of hydrogen-bond donors (Lipinski definition) is 1. The molecule has 0 radical (unpaired) electrons. The van der Waals surface area contributed by atoms with E-state index in [-0.39, 0.29) is 0 Å². The van der Waals surface area contributed by atoms with Crippen LogP contribution in [-0.2, 0) is 6.42 Å². The maximum Gasteiger partial charge on any atom is 0.0363 e. The predicted octanol–water partition coefficient (Wildman–Crippen LogP) is 3.71. The number of nitrogens with one attached hydrogen (secondary N) is 1. The molecule has 1 heterocycles. The SMILES string of the molecule is CCc1ccc(N(C)CC(C)(C)C2CCCNC2)cc1. The minimum atomic E-state index is 0.353. The molecule has 0 bridgehead atoms. The zero-order valence-electron chi connectivity index (χ0n) is 13.6. The molecule has 1 aliphatic rings. The molecular weight excluding hydrogens is 244 g/mol. The van der Waals surface area contributed by atoms with E-state index in [2.05, 4.69) is 62.3 Å². The lowest BCUT2D eigenvalue weighted by Crippen LogP contribution is -2.44. The molecule has 0 saturated carbocycles. The van der Waals surface area contributed by atoms with E-state index in [0.29, 0.717) is 5.41 Å². The Morgan fingerprint density at radius 2 is 1.95 bits per heavy atom. The van der Waals surface area contributed by atoms with Gasteiger partial charge in [-0.15, -0.1) is 0 Å². The van der Waals surface area contributed by atoms with Gasteiger partial charge in [0.15, 0.2) is 0 Å². The van der Waals surface area contributed by atoms with Crippen molar-refractivity contribution in [3.63, 3.8) is 0 Å². The third-order valence-corrected chi connectivity index (χ3v) is 4.83. The summed E-state index contributed by atoms with van der Waals surface area (Å²) in [6.07, 6.45) is 3.80. The van der Waals surface area contributed by atoms with E-state index in [4.69, 9.17) is 0 Å². The number of benzene rings is 1. The Kier molecular flexibility index (Phi) is 5.09. The molecule has 1 aliphatic heterocycles. The lowest BCUT2D eigenvalue weighted by molar-refractivity contribution is 0.178. The van der Waals surface area contributed by atoms with Crippen LogP contribution in [0.1, 0.15) is 39.2 Å². The van der Waals surface area contributed by atoms with Gasteiger partial charge in [-0.1, -0.05) is 32.9 Å². The first-order valence-corrected chi connectivity index (χ1v) is 8.03. The Labute approximate surface area is 124 Å². The number of nitrogens with zero attached hydrogens (tertiary/aromatic N) is 1. The topological polar surface area (TPSA) is 15.3 Å². The standard InChI is InChI=1S/C18H30N2/c1-5-15-8-10-17(11-9-15)20(4)14-18(2,3)16-7-6-12-19-13-16/h8-11,16,19H,5-7,12-14H2,1-4H3. The first-order valence-electron chi connectivity index (χ1n) is 8.03. The summed E-state index contributed by atoms with van der Waals surface area (Å²) in [5.41, 5.74) is 3.10. The Hall–Kier alpha value is -1.02. The molecule has 2 nitrogen and oxygen atoms in total. The largest absolute Gasteiger partial charge is 0.374 e. The lowest BCUT2D eigenvalue weighted by atomic mass is 9.74. The van der Waals surface area contributed by atoms with E-state index in [1.807, 2.05) is 0 Å². The number of anilines is 1. The normalized spacial score (nSPS) is 19.9. The van der Waals surface area contributed by atoms with Crippen molar-refractivity contribution >= 4 is 5.69 Å². The van der Waals surface area contributed by atoms with Crippen LogP contribution < -0.4 is 10.2 Å². The van der Waals surface area contributed by atoms with Crippen molar-refractivity contribution in [2.24, 2.45) is 11.3 Å². The minimum Gasteiger partial charge on any atom is -0.374 e. The van der Waals surface area contributed by atoms with Crippen LogP contribution in [0, 0.1) is 11.3 Å². The number of piperidine rings is 1. The average molecular weight is 274 g/mol. The fraction of sp³-hybridized carbons (Fsp3) is 0.667. The van der Waals surface area contributed by atoms with Crippen molar-refractivity contribution < 1.29 is 0 Å². The third kappa shape index (κ3) is 3.76. The van der Waals surface area contributed by atoms with Crippen molar-refractivity contribution in [2.75, 3.05) is 31.6 Å². The van der Waals surface area contributed by atoms with Gasteiger partial charge in [-0.25, -0.2) is 0 Å². The summed E-state index contributed by atoms with van der Waals surface area (Å²) in [4.78, 5) is 2.41. The number of rotatable bonds is 5. The van der Waals surface area contributed by atoms with Crippen LogP contribution in [0.4, 0.5) is 5.69 Å². The van der Waals surface area contributed by atoms with E-state index in [0.717, 1.165) is 18.9 Å². The first kappa shape index (κ1) is 15.4. The Morgan fingerprint density at radius 1 is 1.25 bits per heavy atom. The van der Waals surface area contributed by atoms with Gasteiger partial charge in [0.1, 0.15) is 0 Å². The van der Waals surface area contributed by atoms with Gasteiger partial charge in [0.25, 0.3) is 0 Å². The number of hydrogen-bond acceptors (Lipinski definition) is 2. The molecule has 1 aromatic rings. The molecule has 0 aliphatic carbocycles. The molecule has 20 heavy (non-hydrogen) atoms. The first-order chi connectivity index (χ1) is 9.53. The summed E-state index contributed by atoms with van der Waals surface area (Å²) in [6.45, 7) is 10.5. The molecule has 1 atom stereocenters. The van der Waals surface area contributed by atoms with Crippen LogP contribution in [0.5, 0.6) is 0 Å². The monoisotopic (exact) mass is 274 g/mol. The fourth-order valence-corrected chi connectivity index (χ4v) is 3.34. The average Bonchev–Trinajstić information content (AvgIpc) is 2.48. The van der Waals surface area contributed by atoms with E-state index < -0.39 is 0 Å². The molecular formula is C18H30N2. The van der Waals surface area contributed by atoms with Gasteiger partial charge in [0.2, 0.25) is 0 Å². The van der Waals surface area contributed by atoms with Crippen molar-refractivity contribution in [2.45, 2.75) is 40.0 Å². The van der Waals surface area contributed by atoms with Gasteiger partial charge in [-0.2, -0.15) is 0 Å². The van der Waals surface area contributed by atoms with Crippen LogP contribution in [0.15, 0.2) is 24.3 Å². The highest BCUT2D eigenvalue weighted by molar-refractivity contribution is 5.47. The highest BCUT2D eigenvalue weighted by Crippen LogP contribution is 2.33. The Balaban J connectivity index is 1.99. The highest BCUT2D eigenvalue weighted by Gasteiger charge is 2.31. The molecule has 1 fully saturated rings. The Bertz CT molecular complexity index is 402. The second-order valence-electron chi connectivity index (χ2n) is 6.91. The molecule has 1 saturated heterocycles. The summed E-state index contributed by atoms with van der Waals surface area (Å²) >= 11 is 0. The van der Waals surface area contributed by atoms with E-state index >= 15 is 0 Å². The van der Waals surface area contributed by atoms with Crippen LogP contribution >= 0.6 is 0 Å². The summed E-state index contributed by atoms with van der Waals surface area (Å²) in [6, 6.07) is 9.02. The van der Waals surface area contributed by atoms with Gasteiger partial charge in [0.05, 0.1) is 0 Å². The predicted molar refractivity (Wildman–Crippen MR) is 88.5 cm³/mol. The maximum absolute atomic E-state index is 3.55. The van der Waals surface area contributed by atoms with Crippen LogP contribution in [0.2, 0.25) is 0 Å². The molecule has 0 amide bonds. The van der Waals surface area contributed by atoms with Crippen molar-refractivity contribution in [1.29, 1.82) is 0 Å². The van der Waals surface area contributed by atoms with E-state index in [1.54, 1.807) is 0 Å². The van der Waals surface area contributed by atoms with E-state index in [9.17, 15) is 0 Å². The molecule has 0 aromatic heterocycles. The summed E-state index contributed by atoms with van der Waals surface area (Å²) < 4.78 is 0. The zero-order valence-corrected chi connectivity index (χ0v) is 13.6. The lowest BCUT2D eigenvalue weighted by Gasteiger charge is -2.40. The van der Waals surface area contributed by atoms with Gasteiger partial charge < -0.3 is 10.2 Å². The van der Waals surface area contributed by atoms with Crippen molar-refractivity contribution in [3.8, 4) is 0 Å². The zero-order chi connectivity index (χ0) is 14.6. The van der Waals surface area contributed by atoms with E-state index in [1.165, 1.54) is 37.2 Å². The smallest absolute Gasteiger partial charge is 0.0363 e. The van der Waals surface area contributed by atoms with Crippen LogP contribution in [0.25, 0.3) is 0 Å². The molecule has 1 N–H and O–H groups in total. The molecule has 1 unspecified atom stereocenters. The Morgan fingerprint density at radius 3 is 2.50 bits per heavy atom. The number of aryl methyl sites for hydroxylation is 1. The van der Waals surface area contributed by atoms with Gasteiger partial charge in [0, 0.05) is 19.3 Å². The third-order valence-electron chi connectivity index (χ3n) is 4.83.